The molecule has 0 aromatic heterocycles. The van der Waals surface area contributed by atoms with Gasteiger partial charge in [-0.1, -0.05) is 13.8 Å². The maximum atomic E-state index is 5.85. The van der Waals surface area contributed by atoms with E-state index in [4.69, 9.17) is 15.2 Å². The molecule has 0 radical (unpaired) electrons. The average Bonchev–Trinajstić information content (AvgIpc) is 2.45. The molecule has 1 aromatic rings. The summed E-state index contributed by atoms with van der Waals surface area (Å²) in [6.07, 6.45) is 2.06. The summed E-state index contributed by atoms with van der Waals surface area (Å²) in [7, 11) is 0. The van der Waals surface area contributed by atoms with Gasteiger partial charge in [0.2, 0.25) is 0 Å². The van der Waals surface area contributed by atoms with Crippen LogP contribution in [0.2, 0.25) is 0 Å². The van der Waals surface area contributed by atoms with E-state index >= 15 is 0 Å². The molecule has 108 valence electrons. The summed E-state index contributed by atoms with van der Waals surface area (Å²) in [5, 5.41) is 0. The SMILES string of the molecule is CCCOc1ccc(OCCSCC(N)CC)cc1. The highest BCUT2D eigenvalue weighted by Crippen LogP contribution is 2.18. The minimum absolute atomic E-state index is 0.306. The second-order valence-electron chi connectivity index (χ2n) is 4.41. The third kappa shape index (κ3) is 7.33. The van der Waals surface area contributed by atoms with Crippen molar-refractivity contribution >= 4 is 11.8 Å². The van der Waals surface area contributed by atoms with Gasteiger partial charge in [0, 0.05) is 17.5 Å². The molecule has 1 aromatic carbocycles. The van der Waals surface area contributed by atoms with Crippen LogP contribution in [0.15, 0.2) is 24.3 Å². The van der Waals surface area contributed by atoms with Gasteiger partial charge in [-0.15, -0.1) is 0 Å². The van der Waals surface area contributed by atoms with Crippen LogP contribution in [-0.2, 0) is 0 Å². The van der Waals surface area contributed by atoms with E-state index in [1.807, 2.05) is 36.0 Å². The molecule has 0 saturated carbocycles. The molecule has 0 aliphatic heterocycles. The third-order valence-corrected chi connectivity index (χ3v) is 3.77. The Labute approximate surface area is 120 Å². The molecule has 0 spiro atoms. The van der Waals surface area contributed by atoms with Crippen molar-refractivity contribution < 1.29 is 9.47 Å². The minimum Gasteiger partial charge on any atom is -0.494 e. The lowest BCUT2D eigenvalue weighted by molar-refractivity contribution is 0.314. The zero-order valence-corrected chi connectivity index (χ0v) is 12.7. The highest BCUT2D eigenvalue weighted by atomic mass is 32.2. The van der Waals surface area contributed by atoms with Gasteiger partial charge in [0.05, 0.1) is 13.2 Å². The topological polar surface area (TPSA) is 44.5 Å². The van der Waals surface area contributed by atoms with Gasteiger partial charge in [-0.2, -0.15) is 11.8 Å². The smallest absolute Gasteiger partial charge is 0.119 e. The summed E-state index contributed by atoms with van der Waals surface area (Å²) in [4.78, 5) is 0. The van der Waals surface area contributed by atoms with Gasteiger partial charge in [-0.05, 0) is 37.1 Å². The lowest BCUT2D eigenvalue weighted by Crippen LogP contribution is -2.21. The van der Waals surface area contributed by atoms with Gasteiger partial charge in [-0.3, -0.25) is 0 Å². The van der Waals surface area contributed by atoms with Crippen molar-refractivity contribution in [2.75, 3.05) is 24.7 Å². The average molecular weight is 283 g/mol. The van der Waals surface area contributed by atoms with Gasteiger partial charge in [-0.25, -0.2) is 0 Å². The van der Waals surface area contributed by atoms with Crippen LogP contribution in [0.1, 0.15) is 26.7 Å². The molecule has 0 aliphatic rings. The van der Waals surface area contributed by atoms with Crippen molar-refractivity contribution in [2.24, 2.45) is 5.73 Å². The minimum atomic E-state index is 0.306. The Kier molecular flexibility index (Phi) is 8.50. The van der Waals surface area contributed by atoms with E-state index in [0.29, 0.717) is 6.04 Å². The summed E-state index contributed by atoms with van der Waals surface area (Å²) in [6, 6.07) is 8.11. The Bertz CT molecular complexity index is 329. The molecule has 0 aliphatic carbocycles. The van der Waals surface area contributed by atoms with Crippen molar-refractivity contribution in [1.29, 1.82) is 0 Å². The lowest BCUT2D eigenvalue weighted by atomic mass is 10.3. The molecular weight excluding hydrogens is 258 g/mol. The van der Waals surface area contributed by atoms with E-state index < -0.39 is 0 Å². The summed E-state index contributed by atoms with van der Waals surface area (Å²) in [5.74, 6) is 3.77. The van der Waals surface area contributed by atoms with Crippen LogP contribution in [0.4, 0.5) is 0 Å². The van der Waals surface area contributed by atoms with Gasteiger partial charge in [0.15, 0.2) is 0 Å². The van der Waals surface area contributed by atoms with Gasteiger partial charge in [0.1, 0.15) is 11.5 Å². The standard InChI is InChI=1S/C15H25NO2S/c1-3-9-17-14-5-7-15(8-6-14)18-10-11-19-12-13(16)4-2/h5-8,13H,3-4,9-12,16H2,1-2H3. The molecule has 1 atom stereocenters. The molecule has 2 N–H and O–H groups in total. The van der Waals surface area contributed by atoms with E-state index in [2.05, 4.69) is 13.8 Å². The predicted octanol–water partition coefficient (Wildman–Crippen LogP) is 3.32. The van der Waals surface area contributed by atoms with Crippen molar-refractivity contribution in [2.45, 2.75) is 32.7 Å². The number of thioether (sulfide) groups is 1. The Morgan fingerprint density at radius 3 is 2.16 bits per heavy atom. The maximum Gasteiger partial charge on any atom is 0.119 e. The Balaban J connectivity index is 2.15. The van der Waals surface area contributed by atoms with Crippen molar-refractivity contribution in [3.63, 3.8) is 0 Å². The zero-order chi connectivity index (χ0) is 13.9. The fourth-order valence-corrected chi connectivity index (χ4v) is 2.33. The Hall–Kier alpha value is -0.870. The first-order chi connectivity index (χ1) is 9.26. The van der Waals surface area contributed by atoms with Crippen molar-refractivity contribution in [3.05, 3.63) is 24.3 Å². The number of rotatable bonds is 10. The third-order valence-electron chi connectivity index (χ3n) is 2.65. The molecule has 1 rings (SSSR count). The highest BCUT2D eigenvalue weighted by molar-refractivity contribution is 7.99. The van der Waals surface area contributed by atoms with Crippen LogP contribution in [0, 0.1) is 0 Å². The van der Waals surface area contributed by atoms with Crippen LogP contribution in [0.3, 0.4) is 0 Å². The number of hydrogen-bond donors (Lipinski definition) is 1. The van der Waals surface area contributed by atoms with E-state index in [-0.39, 0.29) is 0 Å². The quantitative estimate of drug-likeness (QED) is 0.669. The summed E-state index contributed by atoms with van der Waals surface area (Å²) in [6.45, 7) is 5.69. The molecule has 0 amide bonds. The largest absolute Gasteiger partial charge is 0.494 e. The normalized spacial score (nSPS) is 12.2. The molecule has 0 heterocycles. The molecule has 1 unspecified atom stereocenters. The van der Waals surface area contributed by atoms with E-state index in [1.165, 1.54) is 0 Å². The second-order valence-corrected chi connectivity index (χ2v) is 5.56. The molecule has 0 fully saturated rings. The van der Waals surface area contributed by atoms with Gasteiger partial charge < -0.3 is 15.2 Å². The Morgan fingerprint density at radius 1 is 1.05 bits per heavy atom. The fraction of sp³-hybridized carbons (Fsp3) is 0.600. The maximum absolute atomic E-state index is 5.85. The van der Waals surface area contributed by atoms with Crippen LogP contribution < -0.4 is 15.2 Å². The molecule has 0 saturated heterocycles. The van der Waals surface area contributed by atoms with E-state index in [0.717, 1.165) is 49.1 Å². The van der Waals surface area contributed by atoms with Crippen LogP contribution >= 0.6 is 11.8 Å². The zero-order valence-electron chi connectivity index (χ0n) is 11.9. The fourth-order valence-electron chi connectivity index (χ4n) is 1.42. The second kappa shape index (κ2) is 9.98. The number of hydrogen-bond acceptors (Lipinski definition) is 4. The molecular formula is C15H25NO2S. The lowest BCUT2D eigenvalue weighted by Gasteiger charge is -2.10. The molecule has 19 heavy (non-hydrogen) atoms. The van der Waals surface area contributed by atoms with Crippen molar-refractivity contribution in [3.8, 4) is 11.5 Å². The highest BCUT2D eigenvalue weighted by Gasteiger charge is 2.00. The summed E-state index contributed by atoms with van der Waals surface area (Å²) in [5.41, 5.74) is 5.85. The number of nitrogens with two attached hydrogens (primary N) is 1. The van der Waals surface area contributed by atoms with Crippen LogP contribution in [0.5, 0.6) is 11.5 Å². The van der Waals surface area contributed by atoms with E-state index in [1.54, 1.807) is 0 Å². The first-order valence-corrected chi connectivity index (χ1v) is 8.10. The summed E-state index contributed by atoms with van der Waals surface area (Å²) < 4.78 is 11.2. The van der Waals surface area contributed by atoms with Crippen molar-refractivity contribution in [1.82, 2.24) is 0 Å². The first kappa shape index (κ1) is 16.2. The Morgan fingerprint density at radius 2 is 1.63 bits per heavy atom. The molecule has 3 nitrogen and oxygen atoms in total. The molecule has 0 bridgehead atoms. The van der Waals surface area contributed by atoms with Gasteiger partial charge >= 0.3 is 0 Å². The van der Waals surface area contributed by atoms with E-state index in [9.17, 15) is 0 Å². The van der Waals surface area contributed by atoms with Crippen LogP contribution in [-0.4, -0.2) is 30.8 Å². The number of benzene rings is 1. The molecule has 4 heteroatoms. The van der Waals surface area contributed by atoms with Gasteiger partial charge in [0.25, 0.3) is 0 Å². The number of ether oxygens (including phenoxy) is 2. The summed E-state index contributed by atoms with van der Waals surface area (Å²) >= 11 is 1.84. The van der Waals surface area contributed by atoms with Crippen LogP contribution in [0.25, 0.3) is 0 Å². The monoisotopic (exact) mass is 283 g/mol. The first-order valence-electron chi connectivity index (χ1n) is 6.95. The predicted molar refractivity (Wildman–Crippen MR) is 83.3 cm³/mol.